The average molecular weight is 418 g/mol. The topological polar surface area (TPSA) is 62.1 Å². The predicted octanol–water partition coefficient (Wildman–Crippen LogP) is 4.24. The van der Waals surface area contributed by atoms with Crippen LogP contribution in [-0.2, 0) is 4.79 Å². The lowest BCUT2D eigenvalue weighted by atomic mass is 10.1. The molecule has 0 saturated carbocycles. The zero-order chi connectivity index (χ0) is 16.7. The largest absolute Gasteiger partial charge is 0.494 e. The number of hydrogen-bond donors (Lipinski definition) is 1. The van der Waals surface area contributed by atoms with Crippen LogP contribution >= 0.6 is 22.6 Å². The Labute approximate surface area is 148 Å². The van der Waals surface area contributed by atoms with Crippen molar-refractivity contribution in [3.63, 3.8) is 0 Å². The minimum absolute atomic E-state index is 0.0583. The van der Waals surface area contributed by atoms with Crippen LogP contribution in [0.2, 0.25) is 0 Å². The minimum atomic E-state index is -0.434. The van der Waals surface area contributed by atoms with Gasteiger partial charge in [-0.2, -0.15) is 5.26 Å². The molecule has 0 atom stereocenters. The summed E-state index contributed by atoms with van der Waals surface area (Å²) in [5.41, 5.74) is 1.51. The highest BCUT2D eigenvalue weighted by atomic mass is 127. The van der Waals surface area contributed by atoms with Crippen molar-refractivity contribution in [2.75, 3.05) is 11.9 Å². The van der Waals surface area contributed by atoms with Gasteiger partial charge in [0, 0.05) is 9.26 Å². The number of rotatable bonds is 5. The molecule has 0 saturated heterocycles. The fourth-order valence-corrected chi connectivity index (χ4v) is 2.44. The lowest BCUT2D eigenvalue weighted by molar-refractivity contribution is -0.112. The Kier molecular flexibility index (Phi) is 6.18. The maximum atomic E-state index is 12.2. The Hall–Kier alpha value is -2.33. The number of nitrogens with one attached hydrogen (secondary N) is 1. The Morgan fingerprint density at radius 3 is 2.57 bits per heavy atom. The smallest absolute Gasteiger partial charge is 0.266 e. The van der Waals surface area contributed by atoms with Crippen molar-refractivity contribution < 1.29 is 9.53 Å². The Bertz CT molecular complexity index is 761. The molecule has 2 aromatic carbocycles. The van der Waals surface area contributed by atoms with E-state index < -0.39 is 5.91 Å². The molecule has 0 heterocycles. The second-order valence-corrected chi connectivity index (χ2v) is 5.77. The monoisotopic (exact) mass is 418 g/mol. The SMILES string of the molecule is CCOc1ccc(NC(=O)/C(C#N)=C\c2ccccc2I)cc1. The number of nitrogens with zero attached hydrogens (tertiary/aromatic N) is 1. The van der Waals surface area contributed by atoms with E-state index in [9.17, 15) is 10.1 Å². The molecule has 0 aliphatic rings. The number of carbonyl (C=O) groups excluding carboxylic acids is 1. The highest BCUT2D eigenvalue weighted by molar-refractivity contribution is 14.1. The third-order valence-electron chi connectivity index (χ3n) is 2.99. The van der Waals surface area contributed by atoms with Crippen molar-refractivity contribution in [3.8, 4) is 11.8 Å². The lowest BCUT2D eigenvalue weighted by Crippen LogP contribution is -2.13. The second kappa shape index (κ2) is 8.34. The standard InChI is InChI=1S/C18H15IN2O2/c1-2-23-16-9-7-15(8-10-16)21-18(22)14(12-20)11-13-5-3-4-6-17(13)19/h3-11H,2H2,1H3,(H,21,22)/b14-11-. The van der Waals surface area contributed by atoms with E-state index in [2.05, 4.69) is 27.9 Å². The van der Waals surface area contributed by atoms with Crippen molar-refractivity contribution >= 4 is 40.3 Å². The molecule has 0 unspecified atom stereocenters. The van der Waals surface area contributed by atoms with E-state index in [1.807, 2.05) is 37.3 Å². The van der Waals surface area contributed by atoms with Crippen LogP contribution in [0.1, 0.15) is 12.5 Å². The summed E-state index contributed by atoms with van der Waals surface area (Å²) in [5, 5.41) is 12.0. The van der Waals surface area contributed by atoms with Gasteiger partial charge in [0.25, 0.3) is 5.91 Å². The van der Waals surface area contributed by atoms with Gasteiger partial charge in [-0.1, -0.05) is 18.2 Å². The highest BCUT2D eigenvalue weighted by Crippen LogP contribution is 2.18. The van der Waals surface area contributed by atoms with Crippen LogP contribution in [0, 0.1) is 14.9 Å². The summed E-state index contributed by atoms with van der Waals surface area (Å²) in [6.07, 6.45) is 1.59. The van der Waals surface area contributed by atoms with Gasteiger partial charge in [0.05, 0.1) is 6.61 Å². The van der Waals surface area contributed by atoms with Crippen LogP contribution in [0.3, 0.4) is 0 Å². The van der Waals surface area contributed by atoms with Crippen LogP contribution in [0.25, 0.3) is 6.08 Å². The molecule has 4 nitrogen and oxygen atoms in total. The fourth-order valence-electron chi connectivity index (χ4n) is 1.90. The average Bonchev–Trinajstić information content (AvgIpc) is 2.56. The third kappa shape index (κ3) is 4.83. The van der Waals surface area contributed by atoms with E-state index in [0.717, 1.165) is 14.9 Å². The molecule has 0 fully saturated rings. The molecular weight excluding hydrogens is 403 g/mol. The van der Waals surface area contributed by atoms with Crippen LogP contribution < -0.4 is 10.1 Å². The first-order chi connectivity index (χ1) is 11.1. The van der Waals surface area contributed by atoms with Gasteiger partial charge in [0.15, 0.2) is 0 Å². The van der Waals surface area contributed by atoms with E-state index >= 15 is 0 Å². The molecule has 0 radical (unpaired) electrons. The zero-order valence-electron chi connectivity index (χ0n) is 12.5. The molecule has 0 bridgehead atoms. The number of hydrogen-bond acceptors (Lipinski definition) is 3. The maximum absolute atomic E-state index is 12.2. The van der Waals surface area contributed by atoms with E-state index in [1.165, 1.54) is 0 Å². The Morgan fingerprint density at radius 2 is 1.96 bits per heavy atom. The predicted molar refractivity (Wildman–Crippen MR) is 99.0 cm³/mol. The number of amides is 1. The van der Waals surface area contributed by atoms with Gasteiger partial charge in [0.1, 0.15) is 17.4 Å². The molecule has 0 aromatic heterocycles. The summed E-state index contributed by atoms with van der Waals surface area (Å²) in [6.45, 7) is 2.49. The molecule has 116 valence electrons. The molecule has 2 rings (SSSR count). The van der Waals surface area contributed by atoms with Crippen LogP contribution in [-0.4, -0.2) is 12.5 Å². The van der Waals surface area contributed by atoms with E-state index in [0.29, 0.717) is 12.3 Å². The van der Waals surface area contributed by atoms with Crippen LogP contribution in [0.5, 0.6) is 5.75 Å². The molecule has 1 N–H and O–H groups in total. The van der Waals surface area contributed by atoms with Crippen molar-refractivity contribution in [2.24, 2.45) is 0 Å². The lowest BCUT2D eigenvalue weighted by Gasteiger charge is -2.07. The maximum Gasteiger partial charge on any atom is 0.266 e. The molecule has 1 amide bonds. The van der Waals surface area contributed by atoms with Crippen molar-refractivity contribution in [1.29, 1.82) is 5.26 Å². The number of carbonyl (C=O) groups is 1. The Balaban J connectivity index is 2.14. The van der Waals surface area contributed by atoms with Gasteiger partial charge in [0.2, 0.25) is 0 Å². The van der Waals surface area contributed by atoms with Gasteiger partial charge < -0.3 is 10.1 Å². The first kappa shape index (κ1) is 17.0. The number of nitriles is 1. The number of ether oxygens (including phenoxy) is 1. The van der Waals surface area contributed by atoms with Gasteiger partial charge >= 0.3 is 0 Å². The van der Waals surface area contributed by atoms with Gasteiger partial charge in [-0.15, -0.1) is 0 Å². The second-order valence-electron chi connectivity index (χ2n) is 4.60. The van der Waals surface area contributed by atoms with E-state index in [1.54, 1.807) is 30.3 Å². The molecule has 23 heavy (non-hydrogen) atoms. The molecule has 0 aliphatic carbocycles. The van der Waals surface area contributed by atoms with Crippen molar-refractivity contribution in [3.05, 3.63) is 63.2 Å². The zero-order valence-corrected chi connectivity index (χ0v) is 14.7. The Morgan fingerprint density at radius 1 is 1.26 bits per heavy atom. The third-order valence-corrected chi connectivity index (χ3v) is 3.98. The molecule has 2 aromatic rings. The summed E-state index contributed by atoms with van der Waals surface area (Å²) in [4.78, 5) is 12.2. The summed E-state index contributed by atoms with van der Waals surface area (Å²) >= 11 is 2.17. The van der Waals surface area contributed by atoms with Crippen molar-refractivity contribution in [1.82, 2.24) is 0 Å². The quantitative estimate of drug-likeness (QED) is 0.449. The summed E-state index contributed by atoms with van der Waals surface area (Å²) in [6, 6.07) is 16.5. The number of anilines is 1. The van der Waals surface area contributed by atoms with Gasteiger partial charge in [-0.25, -0.2) is 0 Å². The molecule has 0 spiro atoms. The number of benzene rings is 2. The van der Waals surface area contributed by atoms with Gasteiger partial charge in [-0.05, 0) is 71.5 Å². The summed E-state index contributed by atoms with van der Waals surface area (Å²) in [5.74, 6) is 0.302. The summed E-state index contributed by atoms with van der Waals surface area (Å²) in [7, 11) is 0. The molecular formula is C18H15IN2O2. The normalized spacial score (nSPS) is 10.7. The first-order valence-corrected chi connectivity index (χ1v) is 8.12. The summed E-state index contributed by atoms with van der Waals surface area (Å²) < 4.78 is 6.33. The van der Waals surface area contributed by atoms with Crippen LogP contribution in [0.4, 0.5) is 5.69 Å². The van der Waals surface area contributed by atoms with E-state index in [-0.39, 0.29) is 5.57 Å². The van der Waals surface area contributed by atoms with Crippen molar-refractivity contribution in [2.45, 2.75) is 6.92 Å². The fraction of sp³-hybridized carbons (Fsp3) is 0.111. The first-order valence-electron chi connectivity index (χ1n) is 7.04. The highest BCUT2D eigenvalue weighted by Gasteiger charge is 2.10. The molecule has 0 aliphatic heterocycles. The molecule has 5 heteroatoms. The van der Waals surface area contributed by atoms with E-state index in [4.69, 9.17) is 4.74 Å². The minimum Gasteiger partial charge on any atom is -0.494 e. The van der Waals surface area contributed by atoms with Gasteiger partial charge in [-0.3, -0.25) is 4.79 Å². The van der Waals surface area contributed by atoms with Crippen LogP contribution in [0.15, 0.2) is 54.1 Å². The number of halogens is 1.